The van der Waals surface area contributed by atoms with E-state index in [1.807, 2.05) is 6.07 Å². The number of nitriles is 1. The zero-order chi connectivity index (χ0) is 15.5. The van der Waals surface area contributed by atoms with Crippen LogP contribution < -0.4 is 9.47 Å². The molecule has 0 unspecified atom stereocenters. The van der Waals surface area contributed by atoms with Crippen LogP contribution in [0.4, 0.5) is 13.2 Å². The van der Waals surface area contributed by atoms with Crippen molar-refractivity contribution in [3.05, 3.63) is 48.0 Å². The van der Waals surface area contributed by atoms with Gasteiger partial charge >= 0.3 is 6.36 Å². The van der Waals surface area contributed by atoms with E-state index in [1.165, 1.54) is 19.2 Å². The van der Waals surface area contributed by atoms with Crippen LogP contribution in [0.25, 0.3) is 11.1 Å². The maximum absolute atomic E-state index is 12.3. The molecule has 3 nitrogen and oxygen atoms in total. The first-order valence-electron chi connectivity index (χ1n) is 5.86. The predicted octanol–water partition coefficient (Wildman–Crippen LogP) is 4.13. The minimum absolute atomic E-state index is 0.0857. The first kappa shape index (κ1) is 14.7. The van der Waals surface area contributed by atoms with Gasteiger partial charge in [0, 0.05) is 0 Å². The molecular formula is C15H10F3NO2. The Morgan fingerprint density at radius 1 is 0.952 bits per heavy atom. The fraction of sp³-hybridized carbons (Fsp3) is 0.133. The molecular weight excluding hydrogens is 283 g/mol. The van der Waals surface area contributed by atoms with Crippen molar-refractivity contribution in [3.8, 4) is 28.7 Å². The molecule has 0 bridgehead atoms. The Balaban J connectivity index is 2.42. The third-order valence-electron chi connectivity index (χ3n) is 2.69. The van der Waals surface area contributed by atoms with E-state index in [4.69, 9.17) is 10.00 Å². The fourth-order valence-electron chi connectivity index (χ4n) is 1.81. The van der Waals surface area contributed by atoms with Crippen LogP contribution in [0.15, 0.2) is 42.5 Å². The number of nitrogens with zero attached hydrogens (tertiary/aromatic N) is 1. The van der Waals surface area contributed by atoms with E-state index in [1.54, 1.807) is 24.3 Å². The van der Waals surface area contributed by atoms with E-state index in [2.05, 4.69) is 4.74 Å². The van der Waals surface area contributed by atoms with Crippen molar-refractivity contribution >= 4 is 0 Å². The Hall–Kier alpha value is -2.68. The summed E-state index contributed by atoms with van der Waals surface area (Å²) in [6, 6.07) is 12.3. The van der Waals surface area contributed by atoms with Crippen LogP contribution in [-0.4, -0.2) is 13.5 Å². The van der Waals surface area contributed by atoms with Crippen LogP contribution in [0.2, 0.25) is 0 Å². The van der Waals surface area contributed by atoms with Gasteiger partial charge in [0.2, 0.25) is 0 Å². The first-order valence-corrected chi connectivity index (χ1v) is 5.86. The predicted molar refractivity (Wildman–Crippen MR) is 69.8 cm³/mol. The lowest BCUT2D eigenvalue weighted by Gasteiger charge is -2.11. The number of halogens is 3. The Kier molecular flexibility index (Phi) is 4.03. The summed E-state index contributed by atoms with van der Waals surface area (Å²) < 4.78 is 45.8. The van der Waals surface area contributed by atoms with Crippen LogP contribution >= 0.6 is 0 Å². The largest absolute Gasteiger partial charge is 0.573 e. The molecule has 0 saturated carbocycles. The van der Waals surface area contributed by atoms with E-state index in [0.29, 0.717) is 16.9 Å². The molecule has 0 N–H and O–H groups in total. The Morgan fingerprint density at radius 2 is 1.62 bits per heavy atom. The van der Waals surface area contributed by atoms with Gasteiger partial charge in [0.05, 0.1) is 18.7 Å². The molecule has 2 aromatic rings. The molecule has 0 saturated heterocycles. The first-order chi connectivity index (χ1) is 9.91. The molecule has 0 radical (unpaired) electrons. The second-order valence-corrected chi connectivity index (χ2v) is 4.13. The molecule has 0 aliphatic heterocycles. The SMILES string of the molecule is COc1ccc(-c2cc(C#N)cc(OC(F)(F)F)c2)cc1. The molecule has 2 rings (SSSR count). The molecule has 108 valence electrons. The van der Waals surface area contributed by atoms with Gasteiger partial charge < -0.3 is 9.47 Å². The molecule has 6 heteroatoms. The third-order valence-corrected chi connectivity index (χ3v) is 2.69. The van der Waals surface area contributed by atoms with Crippen LogP contribution in [0.1, 0.15) is 5.56 Å². The third kappa shape index (κ3) is 3.89. The lowest BCUT2D eigenvalue weighted by molar-refractivity contribution is -0.274. The van der Waals surface area contributed by atoms with Gasteiger partial charge in [-0.25, -0.2) is 0 Å². The van der Waals surface area contributed by atoms with Crippen molar-refractivity contribution in [2.45, 2.75) is 6.36 Å². The second-order valence-electron chi connectivity index (χ2n) is 4.13. The van der Waals surface area contributed by atoms with E-state index >= 15 is 0 Å². The zero-order valence-electron chi connectivity index (χ0n) is 10.9. The van der Waals surface area contributed by atoms with Gasteiger partial charge in [-0.05, 0) is 41.5 Å². The zero-order valence-corrected chi connectivity index (χ0v) is 10.9. The van der Waals surface area contributed by atoms with E-state index in [9.17, 15) is 13.2 Å². The Morgan fingerprint density at radius 3 is 2.14 bits per heavy atom. The molecule has 0 amide bonds. The van der Waals surface area contributed by atoms with Crippen molar-refractivity contribution in [1.82, 2.24) is 0 Å². The van der Waals surface area contributed by atoms with Gasteiger partial charge in [0.1, 0.15) is 11.5 Å². The quantitative estimate of drug-likeness (QED) is 0.854. The average Bonchev–Trinajstić information content (AvgIpc) is 2.45. The minimum Gasteiger partial charge on any atom is -0.497 e. The van der Waals surface area contributed by atoms with Gasteiger partial charge in [-0.3, -0.25) is 0 Å². The molecule has 0 aromatic heterocycles. The number of hydrogen-bond acceptors (Lipinski definition) is 3. The average molecular weight is 293 g/mol. The van der Waals surface area contributed by atoms with E-state index in [-0.39, 0.29) is 5.56 Å². The molecule has 0 aliphatic carbocycles. The van der Waals surface area contributed by atoms with Crippen molar-refractivity contribution < 1.29 is 22.6 Å². The second kappa shape index (κ2) is 5.75. The highest BCUT2D eigenvalue weighted by molar-refractivity contribution is 5.68. The van der Waals surface area contributed by atoms with Crippen molar-refractivity contribution in [2.75, 3.05) is 7.11 Å². The highest BCUT2D eigenvalue weighted by atomic mass is 19.4. The fourth-order valence-corrected chi connectivity index (χ4v) is 1.81. The smallest absolute Gasteiger partial charge is 0.497 e. The van der Waals surface area contributed by atoms with Gasteiger partial charge in [-0.2, -0.15) is 5.26 Å². The Labute approximate surface area is 119 Å². The van der Waals surface area contributed by atoms with Crippen LogP contribution in [-0.2, 0) is 0 Å². The van der Waals surface area contributed by atoms with Gasteiger partial charge in [0.15, 0.2) is 0 Å². The standard InChI is InChI=1S/C15H10F3NO2/c1-20-13-4-2-11(3-5-13)12-6-10(9-19)7-14(8-12)21-15(16,17)18/h2-8H,1H3. The molecule has 21 heavy (non-hydrogen) atoms. The molecule has 0 heterocycles. The highest BCUT2D eigenvalue weighted by Gasteiger charge is 2.31. The molecule has 0 spiro atoms. The summed E-state index contributed by atoms with van der Waals surface area (Å²) in [6.45, 7) is 0. The Bertz CT molecular complexity index is 673. The summed E-state index contributed by atoms with van der Waals surface area (Å²) in [7, 11) is 1.51. The summed E-state index contributed by atoms with van der Waals surface area (Å²) in [5, 5.41) is 8.91. The van der Waals surface area contributed by atoms with Gasteiger partial charge in [0.25, 0.3) is 0 Å². The molecule has 0 atom stereocenters. The number of hydrogen-bond donors (Lipinski definition) is 0. The number of methoxy groups -OCH3 is 1. The van der Waals surface area contributed by atoms with Crippen molar-refractivity contribution in [2.24, 2.45) is 0 Å². The van der Waals surface area contributed by atoms with Crippen LogP contribution in [0.5, 0.6) is 11.5 Å². The van der Waals surface area contributed by atoms with Crippen LogP contribution in [0.3, 0.4) is 0 Å². The number of benzene rings is 2. The highest BCUT2D eigenvalue weighted by Crippen LogP contribution is 2.30. The van der Waals surface area contributed by atoms with Gasteiger partial charge in [-0.1, -0.05) is 12.1 Å². The van der Waals surface area contributed by atoms with E-state index in [0.717, 1.165) is 6.07 Å². The maximum Gasteiger partial charge on any atom is 0.573 e. The number of ether oxygens (including phenoxy) is 2. The van der Waals surface area contributed by atoms with Gasteiger partial charge in [-0.15, -0.1) is 13.2 Å². The summed E-state index contributed by atoms with van der Waals surface area (Å²) in [6.07, 6.45) is -4.80. The molecule has 0 aliphatic rings. The molecule has 2 aromatic carbocycles. The summed E-state index contributed by atoms with van der Waals surface area (Å²) in [5.41, 5.74) is 1.19. The maximum atomic E-state index is 12.3. The van der Waals surface area contributed by atoms with Crippen molar-refractivity contribution in [1.29, 1.82) is 5.26 Å². The summed E-state index contributed by atoms with van der Waals surface area (Å²) >= 11 is 0. The number of rotatable bonds is 3. The lowest BCUT2D eigenvalue weighted by atomic mass is 10.0. The molecule has 0 fully saturated rings. The monoisotopic (exact) mass is 293 g/mol. The summed E-state index contributed by atoms with van der Waals surface area (Å²) in [4.78, 5) is 0. The van der Waals surface area contributed by atoms with E-state index < -0.39 is 12.1 Å². The minimum atomic E-state index is -4.80. The van der Waals surface area contributed by atoms with Crippen LogP contribution in [0, 0.1) is 11.3 Å². The lowest BCUT2D eigenvalue weighted by Crippen LogP contribution is -2.17. The summed E-state index contributed by atoms with van der Waals surface area (Å²) in [5.74, 6) is 0.203. The van der Waals surface area contributed by atoms with Crippen molar-refractivity contribution in [3.63, 3.8) is 0 Å². The topological polar surface area (TPSA) is 42.2 Å². The number of alkyl halides is 3. The normalized spacial score (nSPS) is 10.8.